The first-order valence-electron chi connectivity index (χ1n) is 3.06. The number of hydrogen-bond acceptors (Lipinski definition) is 2. The maximum absolute atomic E-state index is 10.2. The molecule has 0 spiro atoms. The number of alkyl halides is 1. The summed E-state index contributed by atoms with van der Waals surface area (Å²) in [5, 5.41) is 10.3. The first-order valence-corrected chi connectivity index (χ1v) is 4.48. The van der Waals surface area contributed by atoms with Gasteiger partial charge in [-0.05, 0) is 17.0 Å². The number of hydrogen-bond donors (Lipinski definition) is 1. The third kappa shape index (κ3) is 2.52. The minimum absolute atomic E-state index is 0.0988. The monoisotopic (exact) mass is 190 g/mol. The predicted molar refractivity (Wildman–Crippen MR) is 45.2 cm³/mol. The molecule has 0 saturated carbocycles. The fourth-order valence-electron chi connectivity index (χ4n) is 0.738. The van der Waals surface area contributed by atoms with E-state index in [0.717, 1.165) is 10.4 Å². The number of carboxylic acids is 1. The topological polar surface area (TPSA) is 37.3 Å². The zero-order valence-electron chi connectivity index (χ0n) is 5.71. The van der Waals surface area contributed by atoms with Gasteiger partial charge < -0.3 is 5.11 Å². The highest BCUT2D eigenvalue weighted by molar-refractivity contribution is 7.10. The average molecular weight is 191 g/mol. The molecule has 0 fully saturated rings. The van der Waals surface area contributed by atoms with Crippen LogP contribution >= 0.6 is 22.9 Å². The quantitative estimate of drug-likeness (QED) is 0.742. The summed E-state index contributed by atoms with van der Waals surface area (Å²) in [5.41, 5.74) is 0.993. The van der Waals surface area contributed by atoms with Crippen LogP contribution < -0.4 is 0 Å². The summed E-state index contributed by atoms with van der Waals surface area (Å²) >= 11 is 6.97. The van der Waals surface area contributed by atoms with Gasteiger partial charge in [0.15, 0.2) is 0 Å². The van der Waals surface area contributed by atoms with E-state index in [1.807, 2.05) is 11.4 Å². The number of rotatable bonds is 3. The molecule has 0 aliphatic carbocycles. The van der Waals surface area contributed by atoms with E-state index in [4.69, 9.17) is 16.7 Å². The number of carbonyl (C=O) groups is 1. The van der Waals surface area contributed by atoms with Gasteiger partial charge in [0.2, 0.25) is 0 Å². The van der Waals surface area contributed by atoms with Gasteiger partial charge in [-0.25, -0.2) is 0 Å². The summed E-state index contributed by atoms with van der Waals surface area (Å²) in [6.07, 6.45) is 0.0988. The predicted octanol–water partition coefficient (Wildman–Crippen LogP) is 2.11. The van der Waals surface area contributed by atoms with Gasteiger partial charge in [-0.3, -0.25) is 4.79 Å². The summed E-state index contributed by atoms with van der Waals surface area (Å²) in [7, 11) is 0. The molecular weight excluding hydrogens is 184 g/mol. The van der Waals surface area contributed by atoms with Gasteiger partial charge in [0.1, 0.15) is 0 Å². The Bertz CT molecular complexity index is 257. The van der Waals surface area contributed by atoms with Gasteiger partial charge in [0, 0.05) is 10.8 Å². The summed E-state index contributed by atoms with van der Waals surface area (Å²) in [5.74, 6) is -0.344. The number of thiophene rings is 1. The molecule has 2 nitrogen and oxygen atoms in total. The van der Waals surface area contributed by atoms with Crippen LogP contribution in [0.4, 0.5) is 0 Å². The molecule has 1 heterocycles. The first kappa shape index (κ1) is 8.56. The van der Waals surface area contributed by atoms with E-state index in [1.54, 1.807) is 0 Å². The molecule has 1 aromatic rings. The highest BCUT2D eigenvalue weighted by Gasteiger charge is 2.02. The fourth-order valence-corrected chi connectivity index (χ4v) is 1.86. The Morgan fingerprint density at radius 3 is 2.91 bits per heavy atom. The highest BCUT2D eigenvalue weighted by atomic mass is 35.5. The van der Waals surface area contributed by atoms with E-state index in [0.29, 0.717) is 5.88 Å². The molecule has 0 aromatic carbocycles. The van der Waals surface area contributed by atoms with Gasteiger partial charge in [-0.2, -0.15) is 0 Å². The molecule has 0 saturated heterocycles. The van der Waals surface area contributed by atoms with Crippen LogP contribution in [-0.2, 0) is 17.1 Å². The molecule has 0 unspecified atom stereocenters. The standard InChI is InChI=1S/C7H7ClO2S/c8-3-5-1-6(11-4-5)2-7(9)10/h1,4H,2-3H2,(H,9,10). The third-order valence-corrected chi connectivity index (χ3v) is 2.48. The van der Waals surface area contributed by atoms with Crippen molar-refractivity contribution >= 4 is 28.9 Å². The Balaban J connectivity index is 2.65. The molecule has 0 aliphatic heterocycles. The van der Waals surface area contributed by atoms with Gasteiger partial charge in [0.25, 0.3) is 0 Å². The van der Waals surface area contributed by atoms with E-state index in [1.165, 1.54) is 11.3 Å². The largest absolute Gasteiger partial charge is 0.481 e. The summed E-state index contributed by atoms with van der Waals surface area (Å²) in [6.45, 7) is 0. The Labute approximate surface area is 73.4 Å². The van der Waals surface area contributed by atoms with Crippen molar-refractivity contribution in [1.29, 1.82) is 0 Å². The Morgan fingerprint density at radius 2 is 2.45 bits per heavy atom. The molecule has 4 heteroatoms. The second-order valence-electron chi connectivity index (χ2n) is 2.13. The van der Waals surface area contributed by atoms with E-state index < -0.39 is 5.97 Å². The number of aliphatic carboxylic acids is 1. The van der Waals surface area contributed by atoms with Crippen LogP contribution in [0.3, 0.4) is 0 Å². The lowest BCUT2D eigenvalue weighted by Gasteiger charge is -1.86. The summed E-state index contributed by atoms with van der Waals surface area (Å²) in [6, 6.07) is 1.83. The lowest BCUT2D eigenvalue weighted by atomic mass is 10.3. The van der Waals surface area contributed by atoms with E-state index in [-0.39, 0.29) is 6.42 Å². The molecule has 0 bridgehead atoms. The lowest BCUT2D eigenvalue weighted by molar-refractivity contribution is -0.136. The van der Waals surface area contributed by atoms with Gasteiger partial charge in [-0.1, -0.05) is 0 Å². The Morgan fingerprint density at radius 1 is 1.73 bits per heavy atom. The third-order valence-electron chi connectivity index (χ3n) is 1.19. The minimum Gasteiger partial charge on any atom is -0.481 e. The molecule has 0 amide bonds. The van der Waals surface area contributed by atoms with Crippen molar-refractivity contribution in [2.45, 2.75) is 12.3 Å². The second kappa shape index (κ2) is 3.74. The fraction of sp³-hybridized carbons (Fsp3) is 0.286. The highest BCUT2D eigenvalue weighted by Crippen LogP contribution is 2.16. The van der Waals surface area contributed by atoms with Crippen molar-refractivity contribution in [3.63, 3.8) is 0 Å². The second-order valence-corrected chi connectivity index (χ2v) is 3.39. The molecule has 0 radical (unpaired) electrons. The Kier molecular flexibility index (Phi) is 2.91. The molecule has 1 aromatic heterocycles. The van der Waals surface area contributed by atoms with Crippen LogP contribution in [0.25, 0.3) is 0 Å². The van der Waals surface area contributed by atoms with Crippen LogP contribution in [0.5, 0.6) is 0 Å². The molecule has 1 N–H and O–H groups in total. The van der Waals surface area contributed by atoms with Crippen molar-refractivity contribution in [1.82, 2.24) is 0 Å². The number of carboxylic acid groups (broad SMARTS) is 1. The van der Waals surface area contributed by atoms with Crippen LogP contribution in [0.2, 0.25) is 0 Å². The zero-order chi connectivity index (χ0) is 8.27. The van der Waals surface area contributed by atoms with Crippen molar-refractivity contribution in [3.8, 4) is 0 Å². The minimum atomic E-state index is -0.798. The van der Waals surface area contributed by atoms with E-state index >= 15 is 0 Å². The van der Waals surface area contributed by atoms with E-state index in [9.17, 15) is 4.79 Å². The van der Waals surface area contributed by atoms with Crippen molar-refractivity contribution in [2.75, 3.05) is 0 Å². The molecule has 11 heavy (non-hydrogen) atoms. The van der Waals surface area contributed by atoms with Crippen molar-refractivity contribution in [3.05, 3.63) is 21.9 Å². The maximum Gasteiger partial charge on any atom is 0.308 e. The molecule has 0 aliphatic rings. The molecular formula is C7H7ClO2S. The average Bonchev–Trinajstić information content (AvgIpc) is 2.34. The maximum atomic E-state index is 10.2. The molecule has 60 valence electrons. The lowest BCUT2D eigenvalue weighted by Crippen LogP contribution is -1.97. The Hall–Kier alpha value is -0.540. The van der Waals surface area contributed by atoms with Gasteiger partial charge in [-0.15, -0.1) is 22.9 Å². The van der Waals surface area contributed by atoms with Crippen molar-refractivity contribution in [2.24, 2.45) is 0 Å². The smallest absolute Gasteiger partial charge is 0.308 e. The number of halogens is 1. The first-order chi connectivity index (χ1) is 5.22. The van der Waals surface area contributed by atoms with E-state index in [2.05, 4.69) is 0 Å². The molecule has 0 atom stereocenters. The summed E-state index contributed by atoms with van der Waals surface area (Å²) < 4.78 is 0. The molecule has 1 rings (SSSR count). The van der Waals surface area contributed by atoms with Crippen LogP contribution in [0, 0.1) is 0 Å². The van der Waals surface area contributed by atoms with Crippen LogP contribution in [0.15, 0.2) is 11.4 Å². The SMILES string of the molecule is O=C(O)Cc1cc(CCl)cs1. The van der Waals surface area contributed by atoms with Crippen molar-refractivity contribution < 1.29 is 9.90 Å². The normalized spacial score (nSPS) is 9.91. The van der Waals surface area contributed by atoms with Crippen LogP contribution in [0.1, 0.15) is 10.4 Å². The van der Waals surface area contributed by atoms with Crippen LogP contribution in [-0.4, -0.2) is 11.1 Å². The summed E-state index contributed by atoms with van der Waals surface area (Å²) in [4.78, 5) is 11.1. The zero-order valence-corrected chi connectivity index (χ0v) is 7.28. The van der Waals surface area contributed by atoms with Gasteiger partial charge >= 0.3 is 5.97 Å². The van der Waals surface area contributed by atoms with Gasteiger partial charge in [0.05, 0.1) is 6.42 Å².